The van der Waals surface area contributed by atoms with Crippen LogP contribution in [-0.2, 0) is 4.79 Å². The van der Waals surface area contributed by atoms with Gasteiger partial charge in [0.2, 0.25) is 5.91 Å². The predicted octanol–water partition coefficient (Wildman–Crippen LogP) is 2.82. The third kappa shape index (κ3) is 4.69. The lowest BCUT2D eigenvalue weighted by molar-refractivity contribution is -0.116. The van der Waals surface area contributed by atoms with E-state index in [-0.39, 0.29) is 5.91 Å². The van der Waals surface area contributed by atoms with Crippen LogP contribution >= 0.6 is 0 Å². The summed E-state index contributed by atoms with van der Waals surface area (Å²) in [6.45, 7) is 4.30. The molecule has 4 aromatic heterocycles. The fourth-order valence-electron chi connectivity index (χ4n) is 4.82. The fraction of sp³-hybridized carbons (Fsp3) is 0.296. The van der Waals surface area contributed by atoms with Crippen molar-refractivity contribution in [2.75, 3.05) is 64.1 Å². The average Bonchev–Trinajstić information content (AvgIpc) is 3.52. The molecule has 5 heterocycles. The number of nitrogens with zero attached hydrogens (tertiary/aromatic N) is 7. The molecule has 1 aliphatic rings. The maximum Gasteiger partial charge on any atom is 0.238 e. The van der Waals surface area contributed by atoms with Crippen molar-refractivity contribution < 1.29 is 4.79 Å². The van der Waals surface area contributed by atoms with Crippen LogP contribution in [0.15, 0.2) is 48.9 Å². The van der Waals surface area contributed by atoms with Gasteiger partial charge >= 0.3 is 0 Å². The molecule has 1 fully saturated rings. The van der Waals surface area contributed by atoms with Crippen LogP contribution in [0.25, 0.3) is 44.7 Å². The minimum Gasteiger partial charge on any atom is -0.367 e. The Hall–Kier alpha value is -4.35. The highest BCUT2D eigenvalue weighted by atomic mass is 16.2. The van der Waals surface area contributed by atoms with Crippen LogP contribution in [0.3, 0.4) is 0 Å². The molecule has 3 N–H and O–H groups in total. The van der Waals surface area contributed by atoms with Crippen molar-refractivity contribution in [1.82, 2.24) is 39.9 Å². The van der Waals surface area contributed by atoms with Gasteiger partial charge in [-0.3, -0.25) is 19.9 Å². The van der Waals surface area contributed by atoms with E-state index in [0.717, 1.165) is 70.8 Å². The molecule has 1 amide bonds. The summed E-state index contributed by atoms with van der Waals surface area (Å²) in [4.78, 5) is 36.1. The highest BCUT2D eigenvalue weighted by Crippen LogP contribution is 2.32. The first-order valence-corrected chi connectivity index (χ1v) is 12.6. The molecule has 6 rings (SSSR count). The molecule has 1 aliphatic heterocycles. The molecule has 5 aromatic rings. The Morgan fingerprint density at radius 3 is 2.74 bits per heavy atom. The van der Waals surface area contributed by atoms with Gasteiger partial charge in [0, 0.05) is 43.3 Å². The Kier molecular flexibility index (Phi) is 6.22. The molecule has 0 bridgehead atoms. The average molecular weight is 511 g/mol. The predicted molar refractivity (Wildman–Crippen MR) is 149 cm³/mol. The summed E-state index contributed by atoms with van der Waals surface area (Å²) in [7, 11) is 5.86. The van der Waals surface area contributed by atoms with Gasteiger partial charge in [0.1, 0.15) is 11.2 Å². The lowest BCUT2D eigenvalue weighted by atomic mass is 10.1. The zero-order valence-corrected chi connectivity index (χ0v) is 21.7. The molecule has 1 saturated heterocycles. The lowest BCUT2D eigenvalue weighted by Gasteiger charge is -2.34. The number of hydrogen-bond donors (Lipinski definition) is 3. The SMILES string of the molecule is CN(C)CC(=O)Nc1cncc(-c2cc3c(-c4nc5c(N6CCN(C)CC6)cccc5[nH]4)n[nH]c3cn2)c1. The normalized spacial score (nSPS) is 14.6. The first-order chi connectivity index (χ1) is 18.4. The molecule has 38 heavy (non-hydrogen) atoms. The van der Waals surface area contributed by atoms with Crippen LogP contribution in [0.1, 0.15) is 0 Å². The van der Waals surface area contributed by atoms with Gasteiger partial charge in [0.25, 0.3) is 0 Å². The highest BCUT2D eigenvalue weighted by Gasteiger charge is 2.20. The quantitative estimate of drug-likeness (QED) is 0.319. The van der Waals surface area contributed by atoms with Crippen molar-refractivity contribution in [3.63, 3.8) is 0 Å². The van der Waals surface area contributed by atoms with Crippen LogP contribution in [0, 0.1) is 0 Å². The van der Waals surface area contributed by atoms with Crippen molar-refractivity contribution in [2.45, 2.75) is 0 Å². The van der Waals surface area contributed by atoms with E-state index in [1.807, 2.05) is 31.1 Å². The Labute approximate surface area is 219 Å². The molecular weight excluding hydrogens is 480 g/mol. The molecule has 0 atom stereocenters. The minimum atomic E-state index is -0.102. The number of fused-ring (bicyclic) bond motifs is 2. The van der Waals surface area contributed by atoms with E-state index in [0.29, 0.717) is 18.1 Å². The summed E-state index contributed by atoms with van der Waals surface area (Å²) < 4.78 is 0. The molecule has 0 unspecified atom stereocenters. The number of H-pyrrole nitrogens is 2. The van der Waals surface area contributed by atoms with Crippen molar-refractivity contribution in [3.05, 3.63) is 48.9 Å². The number of carbonyl (C=O) groups is 1. The number of hydrogen-bond acceptors (Lipinski definition) is 8. The van der Waals surface area contributed by atoms with Gasteiger partial charge in [-0.1, -0.05) is 6.07 Å². The van der Waals surface area contributed by atoms with Gasteiger partial charge in [-0.05, 0) is 45.4 Å². The second kappa shape index (κ2) is 9.84. The van der Waals surface area contributed by atoms with Crippen molar-refractivity contribution >= 4 is 39.2 Å². The molecule has 0 aliphatic carbocycles. The van der Waals surface area contributed by atoms with E-state index in [9.17, 15) is 4.79 Å². The number of amides is 1. The number of nitrogens with one attached hydrogen (secondary N) is 3. The van der Waals surface area contributed by atoms with Crippen LogP contribution in [0.4, 0.5) is 11.4 Å². The molecule has 11 nitrogen and oxygen atoms in total. The van der Waals surface area contributed by atoms with Crippen LogP contribution in [0.2, 0.25) is 0 Å². The Morgan fingerprint density at radius 2 is 1.92 bits per heavy atom. The van der Waals surface area contributed by atoms with E-state index in [2.05, 4.69) is 65.5 Å². The summed E-state index contributed by atoms with van der Waals surface area (Å²) >= 11 is 0. The zero-order chi connectivity index (χ0) is 26.2. The number of benzene rings is 1. The minimum absolute atomic E-state index is 0.102. The summed E-state index contributed by atoms with van der Waals surface area (Å²) in [6.07, 6.45) is 5.13. The summed E-state index contributed by atoms with van der Waals surface area (Å²) in [6, 6.07) is 10.1. The first-order valence-electron chi connectivity index (χ1n) is 12.6. The van der Waals surface area contributed by atoms with Crippen LogP contribution < -0.4 is 10.2 Å². The number of pyridine rings is 2. The molecule has 1 aromatic carbocycles. The van der Waals surface area contributed by atoms with Crippen LogP contribution in [-0.4, -0.2) is 99.7 Å². The van der Waals surface area contributed by atoms with E-state index < -0.39 is 0 Å². The fourth-order valence-corrected chi connectivity index (χ4v) is 4.82. The Morgan fingerprint density at radius 1 is 1.08 bits per heavy atom. The number of likely N-dealkylation sites (N-methyl/N-ethyl adjacent to an activating group) is 2. The van der Waals surface area contributed by atoms with E-state index in [1.165, 1.54) is 0 Å². The number of rotatable bonds is 6. The highest BCUT2D eigenvalue weighted by molar-refractivity contribution is 5.97. The maximum absolute atomic E-state index is 12.2. The third-order valence-corrected chi connectivity index (χ3v) is 6.78. The monoisotopic (exact) mass is 510 g/mol. The summed E-state index contributed by atoms with van der Waals surface area (Å²) in [5.41, 5.74) is 6.75. The number of anilines is 2. The molecule has 0 saturated carbocycles. The van der Waals surface area contributed by atoms with E-state index in [1.54, 1.807) is 18.6 Å². The second-order valence-corrected chi connectivity index (χ2v) is 9.98. The van der Waals surface area contributed by atoms with E-state index in [4.69, 9.17) is 4.98 Å². The molecule has 0 radical (unpaired) electrons. The summed E-state index contributed by atoms with van der Waals surface area (Å²) in [5, 5.41) is 11.4. The zero-order valence-electron chi connectivity index (χ0n) is 21.7. The topological polar surface area (TPSA) is 122 Å². The van der Waals surface area contributed by atoms with Gasteiger partial charge < -0.3 is 25.0 Å². The van der Waals surface area contributed by atoms with Crippen molar-refractivity contribution in [1.29, 1.82) is 0 Å². The largest absolute Gasteiger partial charge is 0.367 e. The number of aromatic nitrogens is 6. The number of aromatic amines is 2. The van der Waals surface area contributed by atoms with Crippen molar-refractivity contribution in [3.8, 4) is 22.8 Å². The first kappa shape index (κ1) is 24.0. The number of imidazole rings is 1. The summed E-state index contributed by atoms with van der Waals surface area (Å²) in [5.74, 6) is 0.600. The Balaban J connectivity index is 1.34. The maximum atomic E-state index is 12.2. The van der Waals surface area contributed by atoms with Gasteiger partial charge in [-0.25, -0.2) is 4.98 Å². The smallest absolute Gasteiger partial charge is 0.238 e. The number of para-hydroxylation sites is 1. The molecule has 11 heteroatoms. The third-order valence-electron chi connectivity index (χ3n) is 6.78. The van der Waals surface area contributed by atoms with E-state index >= 15 is 0 Å². The molecule has 194 valence electrons. The molecule has 0 spiro atoms. The van der Waals surface area contributed by atoms with Gasteiger partial charge in [0.15, 0.2) is 5.82 Å². The molecular formula is C27H30N10O. The second-order valence-electron chi connectivity index (χ2n) is 9.98. The number of piperazine rings is 1. The van der Waals surface area contributed by atoms with Crippen LogP contribution in [0.5, 0.6) is 0 Å². The standard InChI is InChI=1S/C27H30N10O/c1-35(2)16-24(38)30-18-11-17(13-28-14-18)21-12-19-22(15-29-21)33-34-25(19)27-31-20-5-4-6-23(26(20)32-27)37-9-7-36(3)8-10-37/h4-6,11-15H,7-10,16H2,1-3H3,(H,30,38)(H,31,32)(H,33,34). The van der Waals surface area contributed by atoms with Gasteiger partial charge in [0.05, 0.1) is 47.0 Å². The van der Waals surface area contributed by atoms with Crippen molar-refractivity contribution in [2.24, 2.45) is 0 Å². The van der Waals surface area contributed by atoms with Gasteiger partial charge in [-0.15, -0.1) is 0 Å². The van der Waals surface area contributed by atoms with Gasteiger partial charge in [-0.2, -0.15) is 5.10 Å². The number of carbonyl (C=O) groups excluding carboxylic acids is 1. The lowest BCUT2D eigenvalue weighted by Crippen LogP contribution is -2.44. The Bertz CT molecular complexity index is 1610.